The van der Waals surface area contributed by atoms with E-state index in [1.165, 1.54) is 19.1 Å². The number of fused-ring (bicyclic) bond motifs is 2. The maximum Gasteiger partial charge on any atom is 0.270 e. The summed E-state index contributed by atoms with van der Waals surface area (Å²) < 4.78 is 0. The maximum atomic E-state index is 12.9. The van der Waals surface area contributed by atoms with E-state index in [4.69, 9.17) is 0 Å². The smallest absolute Gasteiger partial charge is 0.270 e. The molecular formula is C20H13N3O5. The fourth-order valence-electron chi connectivity index (χ4n) is 3.26. The van der Waals surface area contributed by atoms with Crippen LogP contribution in [0.3, 0.4) is 0 Å². The SMILES string of the molecule is CC(=O)Nc1cc2ccccc2cc1N1C(=O)c2ccc([N+](=O)[O-])cc2C1=O. The van der Waals surface area contributed by atoms with E-state index in [9.17, 15) is 24.5 Å². The van der Waals surface area contributed by atoms with Crippen LogP contribution >= 0.6 is 0 Å². The molecule has 8 heteroatoms. The predicted octanol–water partition coefficient (Wildman–Crippen LogP) is 3.51. The molecule has 3 amide bonds. The largest absolute Gasteiger partial charge is 0.324 e. The zero-order valence-electron chi connectivity index (χ0n) is 14.6. The van der Waals surface area contributed by atoms with E-state index in [1.807, 2.05) is 24.3 Å². The number of hydrogen-bond donors (Lipinski definition) is 1. The molecule has 1 aliphatic heterocycles. The molecule has 0 fully saturated rings. The minimum Gasteiger partial charge on any atom is -0.324 e. The zero-order valence-corrected chi connectivity index (χ0v) is 14.6. The number of carbonyl (C=O) groups excluding carboxylic acids is 3. The first kappa shape index (κ1) is 17.3. The van der Waals surface area contributed by atoms with E-state index in [0.29, 0.717) is 5.69 Å². The highest BCUT2D eigenvalue weighted by atomic mass is 16.6. The lowest BCUT2D eigenvalue weighted by Gasteiger charge is -2.19. The Kier molecular flexibility index (Phi) is 3.89. The van der Waals surface area contributed by atoms with Crippen LogP contribution in [0, 0.1) is 10.1 Å². The van der Waals surface area contributed by atoms with Gasteiger partial charge in [0.05, 0.1) is 27.4 Å². The number of benzene rings is 3. The number of rotatable bonds is 3. The standard InChI is InChI=1S/C20H13N3O5/c1-11(24)21-17-8-12-4-2-3-5-13(12)9-18(17)22-19(25)15-7-6-14(23(27)28)10-16(15)20(22)26/h2-10H,1H3,(H,21,24). The van der Waals surface area contributed by atoms with Gasteiger partial charge in [0.1, 0.15) is 0 Å². The average Bonchev–Trinajstić information content (AvgIpc) is 2.91. The molecule has 0 aliphatic carbocycles. The van der Waals surface area contributed by atoms with Crippen LogP contribution < -0.4 is 10.2 Å². The fraction of sp³-hybridized carbons (Fsp3) is 0.0500. The number of nitrogens with one attached hydrogen (secondary N) is 1. The summed E-state index contributed by atoms with van der Waals surface area (Å²) in [7, 11) is 0. The highest BCUT2D eigenvalue weighted by Gasteiger charge is 2.39. The van der Waals surface area contributed by atoms with Crippen LogP contribution in [0.5, 0.6) is 0 Å². The molecule has 0 saturated heterocycles. The van der Waals surface area contributed by atoms with Gasteiger partial charge < -0.3 is 5.32 Å². The number of nitro benzene ring substituents is 1. The molecule has 1 N–H and O–H groups in total. The van der Waals surface area contributed by atoms with Gasteiger partial charge in [-0.05, 0) is 29.0 Å². The Morgan fingerprint density at radius 3 is 2.25 bits per heavy atom. The highest BCUT2D eigenvalue weighted by molar-refractivity contribution is 6.35. The molecule has 3 aromatic carbocycles. The Morgan fingerprint density at radius 1 is 0.964 bits per heavy atom. The van der Waals surface area contributed by atoms with Crippen molar-refractivity contribution in [3.8, 4) is 0 Å². The fourth-order valence-corrected chi connectivity index (χ4v) is 3.26. The molecule has 1 aliphatic rings. The topological polar surface area (TPSA) is 110 Å². The average molecular weight is 375 g/mol. The first-order chi connectivity index (χ1) is 13.4. The van der Waals surface area contributed by atoms with E-state index < -0.39 is 16.7 Å². The number of nitro groups is 1. The first-order valence-corrected chi connectivity index (χ1v) is 8.34. The molecule has 0 unspecified atom stereocenters. The molecular weight excluding hydrogens is 362 g/mol. The summed E-state index contributed by atoms with van der Waals surface area (Å²) in [5.41, 5.74) is 0.277. The van der Waals surface area contributed by atoms with Gasteiger partial charge in [0.15, 0.2) is 0 Å². The van der Waals surface area contributed by atoms with Gasteiger partial charge in [-0.1, -0.05) is 24.3 Å². The van der Waals surface area contributed by atoms with E-state index >= 15 is 0 Å². The Bertz CT molecular complexity index is 1200. The molecule has 0 saturated carbocycles. The van der Waals surface area contributed by atoms with Crippen LogP contribution in [0.25, 0.3) is 10.8 Å². The van der Waals surface area contributed by atoms with Gasteiger partial charge in [-0.3, -0.25) is 24.5 Å². The van der Waals surface area contributed by atoms with Crippen molar-refractivity contribution in [3.05, 3.63) is 75.8 Å². The summed E-state index contributed by atoms with van der Waals surface area (Å²) >= 11 is 0. The number of imide groups is 1. The van der Waals surface area contributed by atoms with Gasteiger partial charge in [0, 0.05) is 19.1 Å². The lowest BCUT2D eigenvalue weighted by Crippen LogP contribution is -2.30. The van der Waals surface area contributed by atoms with Gasteiger partial charge in [-0.15, -0.1) is 0 Å². The van der Waals surface area contributed by atoms with E-state index in [1.54, 1.807) is 12.1 Å². The third-order valence-electron chi connectivity index (χ3n) is 4.50. The third-order valence-corrected chi connectivity index (χ3v) is 4.50. The summed E-state index contributed by atoms with van der Waals surface area (Å²) in [4.78, 5) is 48.8. The number of hydrogen-bond acceptors (Lipinski definition) is 5. The Morgan fingerprint density at radius 2 is 1.61 bits per heavy atom. The predicted molar refractivity (Wildman–Crippen MR) is 102 cm³/mol. The molecule has 0 spiro atoms. The number of non-ortho nitro benzene ring substituents is 1. The molecule has 0 atom stereocenters. The van der Waals surface area contributed by atoms with Gasteiger partial charge in [-0.2, -0.15) is 0 Å². The maximum absolute atomic E-state index is 12.9. The lowest BCUT2D eigenvalue weighted by atomic mass is 10.1. The lowest BCUT2D eigenvalue weighted by molar-refractivity contribution is -0.384. The second-order valence-electron chi connectivity index (χ2n) is 6.33. The highest BCUT2D eigenvalue weighted by Crippen LogP contribution is 2.37. The summed E-state index contributed by atoms with van der Waals surface area (Å²) in [6, 6.07) is 14.2. The summed E-state index contributed by atoms with van der Waals surface area (Å²) in [5.74, 6) is -1.63. The summed E-state index contributed by atoms with van der Waals surface area (Å²) in [5, 5.41) is 15.3. The summed E-state index contributed by atoms with van der Waals surface area (Å²) in [6.45, 7) is 1.32. The van der Waals surface area contributed by atoms with Crippen molar-refractivity contribution in [3.63, 3.8) is 0 Å². The van der Waals surface area contributed by atoms with Crippen LogP contribution in [0.1, 0.15) is 27.6 Å². The molecule has 28 heavy (non-hydrogen) atoms. The number of anilines is 2. The zero-order chi connectivity index (χ0) is 20.0. The van der Waals surface area contributed by atoms with Gasteiger partial charge in [0.25, 0.3) is 17.5 Å². The number of amides is 3. The van der Waals surface area contributed by atoms with E-state index in [2.05, 4.69) is 5.32 Å². The van der Waals surface area contributed by atoms with Crippen molar-refractivity contribution in [1.29, 1.82) is 0 Å². The molecule has 0 bridgehead atoms. The molecule has 1 heterocycles. The van der Waals surface area contributed by atoms with Crippen molar-refractivity contribution < 1.29 is 19.3 Å². The van der Waals surface area contributed by atoms with Crippen molar-refractivity contribution >= 4 is 45.6 Å². The minimum atomic E-state index is -0.675. The number of carbonyl (C=O) groups is 3. The molecule has 138 valence electrons. The van der Waals surface area contributed by atoms with Crippen molar-refractivity contribution in [2.75, 3.05) is 10.2 Å². The van der Waals surface area contributed by atoms with Gasteiger partial charge in [0.2, 0.25) is 5.91 Å². The molecule has 4 rings (SSSR count). The monoisotopic (exact) mass is 375 g/mol. The normalized spacial score (nSPS) is 13.0. The van der Waals surface area contributed by atoms with Crippen LogP contribution in [-0.2, 0) is 4.79 Å². The van der Waals surface area contributed by atoms with Crippen molar-refractivity contribution in [2.45, 2.75) is 6.92 Å². The molecule has 3 aromatic rings. The number of nitrogens with zero attached hydrogens (tertiary/aromatic N) is 2. The van der Waals surface area contributed by atoms with Crippen LogP contribution in [0.15, 0.2) is 54.6 Å². The van der Waals surface area contributed by atoms with Crippen LogP contribution in [-0.4, -0.2) is 22.6 Å². The quantitative estimate of drug-likeness (QED) is 0.428. The van der Waals surface area contributed by atoms with Crippen molar-refractivity contribution in [1.82, 2.24) is 0 Å². The molecule has 0 aromatic heterocycles. The Balaban J connectivity index is 1.89. The van der Waals surface area contributed by atoms with Gasteiger partial charge in [-0.25, -0.2) is 4.90 Å². The Hall–Kier alpha value is -4.07. The minimum absolute atomic E-state index is 0.0406. The third kappa shape index (κ3) is 2.67. The van der Waals surface area contributed by atoms with Crippen LogP contribution in [0.4, 0.5) is 17.1 Å². The van der Waals surface area contributed by atoms with Crippen molar-refractivity contribution in [2.24, 2.45) is 0 Å². The summed E-state index contributed by atoms with van der Waals surface area (Å²) in [6.07, 6.45) is 0. The molecule has 0 radical (unpaired) electrons. The Labute approximate surface area is 158 Å². The second-order valence-corrected chi connectivity index (χ2v) is 6.33. The first-order valence-electron chi connectivity index (χ1n) is 8.34. The van der Waals surface area contributed by atoms with Crippen LogP contribution in [0.2, 0.25) is 0 Å². The van der Waals surface area contributed by atoms with Gasteiger partial charge >= 0.3 is 0 Å². The molecule has 8 nitrogen and oxygen atoms in total. The van der Waals surface area contributed by atoms with E-state index in [-0.39, 0.29) is 28.4 Å². The van der Waals surface area contributed by atoms with E-state index in [0.717, 1.165) is 21.7 Å². The second kappa shape index (κ2) is 6.27.